The quantitative estimate of drug-likeness (QED) is 0.795. The van der Waals surface area contributed by atoms with Crippen LogP contribution in [0, 0.1) is 5.92 Å². The zero-order valence-corrected chi connectivity index (χ0v) is 16.3. The van der Waals surface area contributed by atoms with Gasteiger partial charge in [0.05, 0.1) is 24.3 Å². The number of carbonyl (C=O) groups is 1. The molecule has 0 saturated heterocycles. The number of halogens is 1. The largest absolute Gasteiger partial charge is 0.490 e. The van der Waals surface area contributed by atoms with Crippen molar-refractivity contribution in [2.75, 3.05) is 19.8 Å². The molecular weight excluding hydrogens is 366 g/mol. The normalized spacial score (nSPS) is 14.4. The number of amides is 1. The Balaban J connectivity index is 1.68. The summed E-state index contributed by atoms with van der Waals surface area (Å²) < 4.78 is 17.0. The first kappa shape index (κ1) is 19.4. The number of carbonyl (C=O) groups excluding carboxylic acids is 1. The fourth-order valence-electron chi connectivity index (χ4n) is 2.93. The molecule has 1 heterocycles. The van der Waals surface area contributed by atoms with Crippen LogP contribution in [-0.2, 0) is 4.79 Å². The molecule has 0 bridgehead atoms. The van der Waals surface area contributed by atoms with E-state index in [0.717, 1.165) is 23.5 Å². The fourth-order valence-corrected chi connectivity index (χ4v) is 3.12. The third kappa shape index (κ3) is 5.07. The van der Waals surface area contributed by atoms with Crippen molar-refractivity contribution in [2.24, 2.45) is 5.92 Å². The summed E-state index contributed by atoms with van der Waals surface area (Å²) in [7, 11) is 0. The molecule has 0 radical (unpaired) electrons. The van der Waals surface area contributed by atoms with Gasteiger partial charge < -0.3 is 19.5 Å². The van der Waals surface area contributed by atoms with Crippen molar-refractivity contribution in [3.63, 3.8) is 0 Å². The molecule has 0 fully saturated rings. The maximum atomic E-state index is 12.4. The Kier molecular flexibility index (Phi) is 6.45. The topological polar surface area (TPSA) is 56.8 Å². The van der Waals surface area contributed by atoms with Crippen LogP contribution in [0.15, 0.2) is 42.5 Å². The van der Waals surface area contributed by atoms with Crippen LogP contribution in [0.4, 0.5) is 0 Å². The highest BCUT2D eigenvalue weighted by molar-refractivity contribution is 6.32. The molecule has 2 aromatic rings. The second-order valence-corrected chi connectivity index (χ2v) is 7.17. The number of fused-ring (bicyclic) bond motifs is 1. The van der Waals surface area contributed by atoms with E-state index in [0.29, 0.717) is 24.0 Å². The van der Waals surface area contributed by atoms with Crippen molar-refractivity contribution >= 4 is 17.5 Å². The molecule has 2 aromatic carbocycles. The van der Waals surface area contributed by atoms with E-state index < -0.39 is 0 Å². The van der Waals surface area contributed by atoms with E-state index in [9.17, 15) is 4.79 Å². The molecule has 5 nitrogen and oxygen atoms in total. The van der Waals surface area contributed by atoms with Crippen molar-refractivity contribution in [3.8, 4) is 17.2 Å². The smallest absolute Gasteiger partial charge is 0.258 e. The molecule has 3 rings (SSSR count). The van der Waals surface area contributed by atoms with Gasteiger partial charge in [-0.25, -0.2) is 0 Å². The van der Waals surface area contributed by atoms with E-state index in [1.807, 2.05) is 30.3 Å². The highest BCUT2D eigenvalue weighted by Gasteiger charge is 2.21. The van der Waals surface area contributed by atoms with Gasteiger partial charge in [0.1, 0.15) is 5.75 Å². The standard InChI is InChI=1S/C21H24ClNO4/c1-14(2)21(15-8-9-18-19(12-15)26-11-5-10-25-18)23-20(24)13-27-17-7-4-3-6-16(17)22/h3-4,6-9,12,14,21H,5,10-11,13H2,1-2H3,(H,23,24)/t21-/m0/s1. The Labute approximate surface area is 164 Å². The minimum atomic E-state index is -0.208. The van der Waals surface area contributed by atoms with Crippen LogP contribution >= 0.6 is 11.6 Å². The Morgan fingerprint density at radius 2 is 1.89 bits per heavy atom. The number of hydrogen-bond acceptors (Lipinski definition) is 4. The molecule has 1 amide bonds. The van der Waals surface area contributed by atoms with Crippen LogP contribution < -0.4 is 19.5 Å². The predicted octanol–water partition coefficient (Wildman–Crippen LogP) is 4.39. The average molecular weight is 390 g/mol. The molecule has 0 aliphatic carbocycles. The molecule has 0 unspecified atom stereocenters. The lowest BCUT2D eigenvalue weighted by atomic mass is 9.95. The SMILES string of the molecule is CC(C)[C@H](NC(=O)COc1ccccc1Cl)c1ccc2c(c1)OCCCO2. The number of hydrogen-bond donors (Lipinski definition) is 1. The molecular formula is C21H24ClNO4. The third-order valence-electron chi connectivity index (χ3n) is 4.31. The van der Waals surface area contributed by atoms with Crippen molar-refractivity contribution < 1.29 is 19.0 Å². The number of nitrogens with one attached hydrogen (secondary N) is 1. The van der Waals surface area contributed by atoms with Gasteiger partial charge in [-0.2, -0.15) is 0 Å². The van der Waals surface area contributed by atoms with Gasteiger partial charge in [0.25, 0.3) is 5.91 Å². The summed E-state index contributed by atoms with van der Waals surface area (Å²) in [6.45, 7) is 5.29. The maximum absolute atomic E-state index is 12.4. The molecule has 6 heteroatoms. The first-order valence-corrected chi connectivity index (χ1v) is 9.48. The van der Waals surface area contributed by atoms with Crippen LogP contribution in [0.1, 0.15) is 31.9 Å². The van der Waals surface area contributed by atoms with Crippen LogP contribution in [0.3, 0.4) is 0 Å². The summed E-state index contributed by atoms with van der Waals surface area (Å²) in [6.07, 6.45) is 0.855. The molecule has 27 heavy (non-hydrogen) atoms. The van der Waals surface area contributed by atoms with E-state index in [2.05, 4.69) is 19.2 Å². The monoisotopic (exact) mass is 389 g/mol. The summed E-state index contributed by atoms with van der Waals surface area (Å²) in [5, 5.41) is 3.52. The molecule has 0 spiro atoms. The van der Waals surface area contributed by atoms with Gasteiger partial charge in [-0.3, -0.25) is 4.79 Å². The highest BCUT2D eigenvalue weighted by atomic mass is 35.5. The molecule has 1 aliphatic rings. The second kappa shape index (κ2) is 9.00. The lowest BCUT2D eigenvalue weighted by Crippen LogP contribution is -2.35. The van der Waals surface area contributed by atoms with Crippen LogP contribution in [0.2, 0.25) is 5.02 Å². The Hall–Kier alpha value is -2.40. The summed E-state index contributed by atoms with van der Waals surface area (Å²) >= 11 is 6.06. The van der Waals surface area contributed by atoms with Crippen molar-refractivity contribution in [1.29, 1.82) is 0 Å². The summed E-state index contributed by atoms with van der Waals surface area (Å²) in [4.78, 5) is 12.4. The third-order valence-corrected chi connectivity index (χ3v) is 4.62. The summed E-state index contributed by atoms with van der Waals surface area (Å²) in [6, 6.07) is 12.7. The van der Waals surface area contributed by atoms with E-state index in [1.54, 1.807) is 12.1 Å². The van der Waals surface area contributed by atoms with E-state index >= 15 is 0 Å². The number of para-hydroxylation sites is 1. The maximum Gasteiger partial charge on any atom is 0.258 e. The van der Waals surface area contributed by atoms with Crippen LogP contribution in [0.25, 0.3) is 0 Å². The summed E-state index contributed by atoms with van der Waals surface area (Å²) in [5.74, 6) is 1.94. The van der Waals surface area contributed by atoms with Gasteiger partial charge in [-0.15, -0.1) is 0 Å². The average Bonchev–Trinajstić information content (AvgIpc) is 2.90. The second-order valence-electron chi connectivity index (χ2n) is 6.76. The molecule has 1 N–H and O–H groups in total. The predicted molar refractivity (Wildman–Crippen MR) is 105 cm³/mol. The minimum Gasteiger partial charge on any atom is -0.490 e. The van der Waals surface area contributed by atoms with E-state index in [1.165, 1.54) is 0 Å². The van der Waals surface area contributed by atoms with Gasteiger partial charge >= 0.3 is 0 Å². The Bertz CT molecular complexity index is 794. The number of ether oxygens (including phenoxy) is 3. The zero-order valence-electron chi connectivity index (χ0n) is 15.5. The summed E-state index contributed by atoms with van der Waals surface area (Å²) in [5.41, 5.74) is 0.973. The molecule has 1 atom stereocenters. The van der Waals surface area contributed by atoms with Gasteiger partial charge in [-0.05, 0) is 35.7 Å². The first-order chi connectivity index (χ1) is 13.0. The minimum absolute atomic E-state index is 0.0997. The van der Waals surface area contributed by atoms with Crippen LogP contribution in [-0.4, -0.2) is 25.7 Å². The van der Waals surface area contributed by atoms with E-state index in [4.69, 9.17) is 25.8 Å². The van der Waals surface area contributed by atoms with Gasteiger partial charge in [0.15, 0.2) is 18.1 Å². The lowest BCUT2D eigenvalue weighted by Gasteiger charge is -2.24. The lowest BCUT2D eigenvalue weighted by molar-refractivity contribution is -0.124. The molecule has 0 aromatic heterocycles. The number of rotatable bonds is 6. The van der Waals surface area contributed by atoms with Crippen LogP contribution in [0.5, 0.6) is 17.2 Å². The molecule has 144 valence electrons. The zero-order chi connectivity index (χ0) is 19.2. The molecule has 1 aliphatic heterocycles. The Morgan fingerprint density at radius 3 is 2.63 bits per heavy atom. The van der Waals surface area contributed by atoms with Gasteiger partial charge in [0.2, 0.25) is 0 Å². The van der Waals surface area contributed by atoms with Gasteiger partial charge in [0, 0.05) is 6.42 Å². The van der Waals surface area contributed by atoms with E-state index in [-0.39, 0.29) is 24.5 Å². The molecule has 0 saturated carbocycles. The Morgan fingerprint density at radius 1 is 1.15 bits per heavy atom. The highest BCUT2D eigenvalue weighted by Crippen LogP contribution is 2.34. The van der Waals surface area contributed by atoms with Crippen molar-refractivity contribution in [1.82, 2.24) is 5.32 Å². The van der Waals surface area contributed by atoms with Gasteiger partial charge in [-0.1, -0.05) is 43.6 Å². The first-order valence-electron chi connectivity index (χ1n) is 9.11. The fraction of sp³-hybridized carbons (Fsp3) is 0.381. The van der Waals surface area contributed by atoms with Crippen molar-refractivity contribution in [2.45, 2.75) is 26.3 Å². The number of benzene rings is 2. The van der Waals surface area contributed by atoms with Crippen molar-refractivity contribution in [3.05, 3.63) is 53.1 Å².